The Morgan fingerprint density at radius 1 is 1.15 bits per heavy atom. The maximum atomic E-state index is 10.8. The molecular weight excluding hydrogens is 344 g/mol. The summed E-state index contributed by atoms with van der Waals surface area (Å²) < 4.78 is 0.571. The smallest absolute Gasteiger partial charge is 0.335 e. The quantitative estimate of drug-likeness (QED) is 0.860. The molecule has 0 spiro atoms. The standard InChI is InChI=1S/C15H12BrClO3/c16-13-8-12(17)7-11(14(13)18)6-3-9-1-4-10(5-2-9)15(19)20/h1-2,4-5,7-8,18H,3,6H2,(H,19,20). The highest BCUT2D eigenvalue weighted by molar-refractivity contribution is 9.10. The van der Waals surface area contributed by atoms with E-state index < -0.39 is 5.97 Å². The van der Waals surface area contributed by atoms with E-state index >= 15 is 0 Å². The van der Waals surface area contributed by atoms with Crippen LogP contribution in [0, 0.1) is 0 Å². The van der Waals surface area contributed by atoms with E-state index in [2.05, 4.69) is 15.9 Å². The van der Waals surface area contributed by atoms with Gasteiger partial charge in [-0.15, -0.1) is 0 Å². The van der Waals surface area contributed by atoms with Gasteiger partial charge in [-0.1, -0.05) is 23.7 Å². The van der Waals surface area contributed by atoms with Crippen LogP contribution in [0.4, 0.5) is 0 Å². The fourth-order valence-electron chi connectivity index (χ4n) is 1.90. The van der Waals surface area contributed by atoms with E-state index in [1.54, 1.807) is 36.4 Å². The molecule has 0 aliphatic heterocycles. The number of aromatic hydroxyl groups is 1. The summed E-state index contributed by atoms with van der Waals surface area (Å²) in [4.78, 5) is 10.8. The molecule has 2 N–H and O–H groups in total. The molecule has 2 aromatic carbocycles. The first kappa shape index (κ1) is 14.9. The molecule has 0 aliphatic carbocycles. The zero-order valence-corrected chi connectivity index (χ0v) is 12.8. The SMILES string of the molecule is O=C(O)c1ccc(CCc2cc(Cl)cc(Br)c2O)cc1. The van der Waals surface area contributed by atoms with E-state index in [0.29, 0.717) is 22.3 Å². The average molecular weight is 356 g/mol. The van der Waals surface area contributed by atoms with Gasteiger partial charge in [0, 0.05) is 5.02 Å². The fourth-order valence-corrected chi connectivity index (χ4v) is 2.78. The Balaban J connectivity index is 2.11. The van der Waals surface area contributed by atoms with Crippen LogP contribution in [0.15, 0.2) is 40.9 Å². The van der Waals surface area contributed by atoms with Crippen LogP contribution in [0.25, 0.3) is 0 Å². The molecule has 104 valence electrons. The molecule has 2 aromatic rings. The van der Waals surface area contributed by atoms with Gasteiger partial charge in [0.25, 0.3) is 0 Å². The van der Waals surface area contributed by atoms with Crippen LogP contribution in [-0.4, -0.2) is 16.2 Å². The van der Waals surface area contributed by atoms with Gasteiger partial charge in [0.15, 0.2) is 0 Å². The highest BCUT2D eigenvalue weighted by atomic mass is 79.9. The maximum Gasteiger partial charge on any atom is 0.335 e. The van der Waals surface area contributed by atoms with Crippen molar-refractivity contribution >= 4 is 33.5 Å². The van der Waals surface area contributed by atoms with Crippen molar-refractivity contribution in [1.29, 1.82) is 0 Å². The van der Waals surface area contributed by atoms with Gasteiger partial charge in [-0.2, -0.15) is 0 Å². The second-order valence-corrected chi connectivity index (χ2v) is 5.69. The first-order valence-electron chi connectivity index (χ1n) is 5.96. The van der Waals surface area contributed by atoms with Gasteiger partial charge < -0.3 is 10.2 Å². The zero-order valence-electron chi connectivity index (χ0n) is 10.4. The summed E-state index contributed by atoms with van der Waals surface area (Å²) in [6.07, 6.45) is 1.32. The Bertz CT molecular complexity index is 638. The number of hydrogen-bond donors (Lipinski definition) is 2. The number of halogens is 2. The Kier molecular flexibility index (Phi) is 4.68. The normalized spacial score (nSPS) is 10.5. The lowest BCUT2D eigenvalue weighted by Gasteiger charge is -2.08. The fraction of sp³-hybridized carbons (Fsp3) is 0.133. The highest BCUT2D eigenvalue weighted by Gasteiger charge is 2.08. The minimum atomic E-state index is -0.937. The van der Waals surface area contributed by atoms with E-state index in [0.717, 1.165) is 11.1 Å². The Morgan fingerprint density at radius 2 is 1.80 bits per heavy atom. The van der Waals surface area contributed by atoms with Crippen molar-refractivity contribution < 1.29 is 15.0 Å². The maximum absolute atomic E-state index is 10.8. The van der Waals surface area contributed by atoms with Crippen molar-refractivity contribution in [2.45, 2.75) is 12.8 Å². The third-order valence-electron chi connectivity index (χ3n) is 2.99. The lowest BCUT2D eigenvalue weighted by atomic mass is 10.0. The molecular formula is C15H12BrClO3. The van der Waals surface area contributed by atoms with Crippen molar-refractivity contribution in [1.82, 2.24) is 0 Å². The van der Waals surface area contributed by atoms with Crippen LogP contribution in [0.2, 0.25) is 5.02 Å². The summed E-state index contributed by atoms with van der Waals surface area (Å²) >= 11 is 9.20. The molecule has 0 bridgehead atoms. The topological polar surface area (TPSA) is 57.5 Å². The molecule has 0 aliphatic rings. The molecule has 0 radical (unpaired) electrons. The van der Waals surface area contributed by atoms with E-state index in [9.17, 15) is 9.90 Å². The van der Waals surface area contributed by atoms with Crippen LogP contribution in [0.1, 0.15) is 21.5 Å². The molecule has 0 atom stereocenters. The number of carboxylic acids is 1. The molecule has 0 amide bonds. The summed E-state index contributed by atoms with van der Waals surface area (Å²) in [5.41, 5.74) is 2.03. The van der Waals surface area contributed by atoms with E-state index in [1.807, 2.05) is 0 Å². The largest absolute Gasteiger partial charge is 0.506 e. The average Bonchev–Trinajstić information content (AvgIpc) is 2.41. The Hall–Kier alpha value is -1.52. The molecule has 0 saturated heterocycles. The summed E-state index contributed by atoms with van der Waals surface area (Å²) in [5, 5.41) is 19.3. The van der Waals surface area contributed by atoms with E-state index in [4.69, 9.17) is 16.7 Å². The van der Waals surface area contributed by atoms with Crippen LogP contribution >= 0.6 is 27.5 Å². The lowest BCUT2D eigenvalue weighted by Crippen LogP contribution is -1.97. The predicted molar refractivity (Wildman–Crippen MR) is 81.6 cm³/mol. The van der Waals surface area contributed by atoms with Gasteiger partial charge in [-0.3, -0.25) is 0 Å². The monoisotopic (exact) mass is 354 g/mol. The summed E-state index contributed by atoms with van der Waals surface area (Å²) in [6, 6.07) is 10.1. The highest BCUT2D eigenvalue weighted by Crippen LogP contribution is 2.32. The van der Waals surface area contributed by atoms with Crippen molar-refractivity contribution in [3.8, 4) is 5.75 Å². The second kappa shape index (κ2) is 6.29. The molecule has 0 heterocycles. The van der Waals surface area contributed by atoms with E-state index in [-0.39, 0.29) is 11.3 Å². The minimum absolute atomic E-state index is 0.191. The number of aryl methyl sites for hydroxylation is 2. The predicted octanol–water partition coefficient (Wildman–Crippen LogP) is 4.29. The third-order valence-corrected chi connectivity index (χ3v) is 3.81. The molecule has 0 saturated carbocycles. The number of aromatic carboxylic acids is 1. The molecule has 0 unspecified atom stereocenters. The van der Waals surface area contributed by atoms with Gasteiger partial charge in [-0.25, -0.2) is 4.79 Å². The van der Waals surface area contributed by atoms with Gasteiger partial charge in [-0.05, 0) is 64.2 Å². The first-order chi connectivity index (χ1) is 9.47. The second-order valence-electron chi connectivity index (χ2n) is 4.40. The van der Waals surface area contributed by atoms with Gasteiger partial charge >= 0.3 is 5.97 Å². The number of carbonyl (C=O) groups is 1. The summed E-state index contributed by atoms with van der Waals surface area (Å²) in [6.45, 7) is 0. The third kappa shape index (κ3) is 3.52. The molecule has 0 fully saturated rings. The number of carboxylic acid groups (broad SMARTS) is 1. The van der Waals surface area contributed by atoms with E-state index in [1.165, 1.54) is 0 Å². The number of phenolic OH excluding ortho intramolecular Hbond substituents is 1. The van der Waals surface area contributed by atoms with Gasteiger partial charge in [0.1, 0.15) is 5.75 Å². The molecule has 0 aromatic heterocycles. The van der Waals surface area contributed by atoms with Crippen molar-refractivity contribution in [3.05, 3.63) is 62.6 Å². The zero-order chi connectivity index (χ0) is 14.7. The van der Waals surface area contributed by atoms with Crippen LogP contribution in [0.5, 0.6) is 5.75 Å². The van der Waals surface area contributed by atoms with Crippen molar-refractivity contribution in [3.63, 3.8) is 0 Å². The molecule has 5 heteroatoms. The summed E-state index contributed by atoms with van der Waals surface area (Å²) in [5.74, 6) is -0.746. The molecule has 2 rings (SSSR count). The molecule has 3 nitrogen and oxygen atoms in total. The number of benzene rings is 2. The number of hydrogen-bond acceptors (Lipinski definition) is 2. The number of rotatable bonds is 4. The van der Waals surface area contributed by atoms with Gasteiger partial charge in [0.2, 0.25) is 0 Å². The number of phenols is 1. The van der Waals surface area contributed by atoms with Crippen molar-refractivity contribution in [2.24, 2.45) is 0 Å². The van der Waals surface area contributed by atoms with Gasteiger partial charge in [0.05, 0.1) is 10.0 Å². The minimum Gasteiger partial charge on any atom is -0.506 e. The van der Waals surface area contributed by atoms with Crippen LogP contribution < -0.4 is 0 Å². The summed E-state index contributed by atoms with van der Waals surface area (Å²) in [7, 11) is 0. The van der Waals surface area contributed by atoms with Crippen LogP contribution in [-0.2, 0) is 12.8 Å². The van der Waals surface area contributed by atoms with Crippen LogP contribution in [0.3, 0.4) is 0 Å². The first-order valence-corrected chi connectivity index (χ1v) is 7.13. The lowest BCUT2D eigenvalue weighted by molar-refractivity contribution is 0.0697. The van der Waals surface area contributed by atoms with Crippen molar-refractivity contribution in [2.75, 3.05) is 0 Å². The Morgan fingerprint density at radius 3 is 2.40 bits per heavy atom. The Labute approximate surface area is 130 Å². The molecule has 20 heavy (non-hydrogen) atoms.